The van der Waals surface area contributed by atoms with Gasteiger partial charge >= 0.3 is 12.0 Å². The van der Waals surface area contributed by atoms with Crippen molar-refractivity contribution in [3.8, 4) is 0 Å². The minimum atomic E-state index is -0.995. The SMILES string of the molecule is CC(C)(C)Sc1ccc(NC(=O)NCCC(=O)O)cc1F. The van der Waals surface area contributed by atoms with Crippen LogP contribution in [0.3, 0.4) is 0 Å². The van der Waals surface area contributed by atoms with Gasteiger partial charge in [0, 0.05) is 21.9 Å². The van der Waals surface area contributed by atoms with Crippen LogP contribution in [0.4, 0.5) is 14.9 Å². The molecule has 0 fully saturated rings. The molecule has 3 N–H and O–H groups in total. The summed E-state index contributed by atoms with van der Waals surface area (Å²) >= 11 is 1.40. The zero-order chi connectivity index (χ0) is 16.0. The van der Waals surface area contributed by atoms with E-state index in [1.807, 2.05) is 20.8 Å². The van der Waals surface area contributed by atoms with Gasteiger partial charge in [-0.25, -0.2) is 9.18 Å². The highest BCUT2D eigenvalue weighted by atomic mass is 32.2. The van der Waals surface area contributed by atoms with Gasteiger partial charge in [-0.1, -0.05) is 20.8 Å². The second-order valence-electron chi connectivity index (χ2n) is 5.38. The van der Waals surface area contributed by atoms with E-state index in [-0.39, 0.29) is 17.7 Å². The molecule has 1 aromatic carbocycles. The first kappa shape index (κ1) is 17.3. The lowest BCUT2D eigenvalue weighted by atomic mass is 10.3. The Morgan fingerprint density at radius 2 is 2.00 bits per heavy atom. The fourth-order valence-electron chi connectivity index (χ4n) is 1.45. The van der Waals surface area contributed by atoms with E-state index in [9.17, 15) is 14.0 Å². The van der Waals surface area contributed by atoms with E-state index < -0.39 is 17.8 Å². The summed E-state index contributed by atoms with van der Waals surface area (Å²) < 4.78 is 13.8. The lowest BCUT2D eigenvalue weighted by Crippen LogP contribution is -2.30. The fraction of sp³-hybridized carbons (Fsp3) is 0.429. The number of amides is 2. The quantitative estimate of drug-likeness (QED) is 0.729. The molecule has 0 saturated carbocycles. The Balaban J connectivity index is 2.59. The highest BCUT2D eigenvalue weighted by molar-refractivity contribution is 8.00. The maximum absolute atomic E-state index is 13.9. The summed E-state index contributed by atoms with van der Waals surface area (Å²) in [7, 11) is 0. The van der Waals surface area contributed by atoms with E-state index in [1.165, 1.54) is 17.8 Å². The average molecular weight is 314 g/mol. The van der Waals surface area contributed by atoms with E-state index in [0.29, 0.717) is 10.6 Å². The molecule has 0 aliphatic rings. The van der Waals surface area contributed by atoms with E-state index in [0.717, 1.165) is 0 Å². The Hall–Kier alpha value is -1.76. The highest BCUT2D eigenvalue weighted by Crippen LogP contribution is 2.34. The first-order valence-corrected chi connectivity index (χ1v) is 7.24. The number of rotatable bonds is 5. The standard InChI is InChI=1S/C14H19FN2O3S/c1-14(2,3)21-11-5-4-9(8-10(11)15)17-13(20)16-7-6-12(18)19/h4-5,8H,6-7H2,1-3H3,(H,18,19)(H2,16,17,20). The lowest BCUT2D eigenvalue weighted by Gasteiger charge is -2.18. The minimum absolute atomic E-state index is 0.0155. The third-order valence-electron chi connectivity index (χ3n) is 2.23. The van der Waals surface area contributed by atoms with Crippen molar-refractivity contribution in [2.75, 3.05) is 11.9 Å². The van der Waals surface area contributed by atoms with Crippen molar-refractivity contribution < 1.29 is 19.1 Å². The van der Waals surface area contributed by atoms with E-state index >= 15 is 0 Å². The Kier molecular flexibility index (Phi) is 6.02. The van der Waals surface area contributed by atoms with Gasteiger partial charge in [0.2, 0.25) is 0 Å². The molecule has 0 aliphatic carbocycles. The molecule has 2 amide bonds. The summed E-state index contributed by atoms with van der Waals surface area (Å²) in [5.41, 5.74) is 0.318. The molecular weight excluding hydrogens is 295 g/mol. The summed E-state index contributed by atoms with van der Waals surface area (Å²) in [6.45, 7) is 5.97. The molecule has 0 unspecified atom stereocenters. The van der Waals surface area contributed by atoms with Gasteiger partial charge in [-0.3, -0.25) is 4.79 Å². The summed E-state index contributed by atoms with van der Waals surface area (Å²) in [5, 5.41) is 13.3. The summed E-state index contributed by atoms with van der Waals surface area (Å²) in [6, 6.07) is 3.89. The Labute approximate surface area is 127 Å². The number of anilines is 1. The number of hydrogen-bond donors (Lipinski definition) is 3. The van der Waals surface area contributed by atoms with Gasteiger partial charge in [0.05, 0.1) is 6.42 Å². The van der Waals surface area contributed by atoms with Crippen molar-refractivity contribution >= 4 is 29.4 Å². The van der Waals surface area contributed by atoms with Crippen LogP contribution in [0, 0.1) is 5.82 Å². The Bertz CT molecular complexity index is 529. The number of carbonyl (C=O) groups is 2. The number of carboxylic acid groups (broad SMARTS) is 1. The van der Waals surface area contributed by atoms with Crippen LogP contribution >= 0.6 is 11.8 Å². The molecule has 1 rings (SSSR count). The van der Waals surface area contributed by atoms with E-state index in [4.69, 9.17) is 5.11 Å². The molecule has 0 atom stereocenters. The van der Waals surface area contributed by atoms with Crippen LogP contribution in [0.15, 0.2) is 23.1 Å². The fourth-order valence-corrected chi connectivity index (χ4v) is 2.40. The first-order chi connectivity index (χ1) is 9.67. The molecule has 0 heterocycles. The molecule has 0 aromatic heterocycles. The van der Waals surface area contributed by atoms with Crippen molar-refractivity contribution in [3.63, 3.8) is 0 Å². The number of urea groups is 1. The largest absolute Gasteiger partial charge is 0.481 e. The number of benzene rings is 1. The molecule has 0 radical (unpaired) electrons. The third kappa shape index (κ3) is 6.99. The molecule has 5 nitrogen and oxygen atoms in total. The Morgan fingerprint density at radius 1 is 1.33 bits per heavy atom. The summed E-state index contributed by atoms with van der Waals surface area (Å²) in [6.07, 6.45) is -0.164. The van der Waals surface area contributed by atoms with Gasteiger partial charge in [-0.2, -0.15) is 0 Å². The van der Waals surface area contributed by atoms with Gasteiger partial charge in [-0.15, -0.1) is 11.8 Å². The maximum Gasteiger partial charge on any atom is 0.319 e. The second-order valence-corrected chi connectivity index (χ2v) is 7.25. The van der Waals surface area contributed by atoms with E-state index in [2.05, 4.69) is 10.6 Å². The topological polar surface area (TPSA) is 78.4 Å². The number of hydrogen-bond acceptors (Lipinski definition) is 3. The van der Waals surface area contributed by atoms with E-state index in [1.54, 1.807) is 12.1 Å². The Morgan fingerprint density at radius 3 is 2.52 bits per heavy atom. The molecule has 0 bridgehead atoms. The van der Waals surface area contributed by atoms with Gasteiger partial charge in [0.1, 0.15) is 5.82 Å². The van der Waals surface area contributed by atoms with Crippen molar-refractivity contribution in [3.05, 3.63) is 24.0 Å². The van der Waals surface area contributed by atoms with Crippen molar-refractivity contribution in [2.24, 2.45) is 0 Å². The monoisotopic (exact) mass is 314 g/mol. The number of aliphatic carboxylic acids is 1. The number of halogens is 1. The van der Waals surface area contributed by atoms with Gasteiger partial charge in [0.25, 0.3) is 0 Å². The number of carbonyl (C=O) groups excluding carboxylic acids is 1. The number of nitrogens with one attached hydrogen (secondary N) is 2. The van der Waals surface area contributed by atoms with Crippen LogP contribution in [-0.2, 0) is 4.79 Å². The van der Waals surface area contributed by atoms with Gasteiger partial charge in [0.15, 0.2) is 0 Å². The van der Waals surface area contributed by atoms with Gasteiger partial charge < -0.3 is 15.7 Å². The number of thioether (sulfide) groups is 1. The molecule has 7 heteroatoms. The predicted octanol–water partition coefficient (Wildman–Crippen LogP) is 3.31. The van der Waals surface area contributed by atoms with Crippen molar-refractivity contribution in [1.29, 1.82) is 0 Å². The highest BCUT2D eigenvalue weighted by Gasteiger charge is 2.15. The summed E-state index contributed by atoms with van der Waals surface area (Å²) in [5.74, 6) is -1.40. The van der Waals surface area contributed by atoms with Gasteiger partial charge in [-0.05, 0) is 18.2 Å². The molecule has 21 heavy (non-hydrogen) atoms. The molecule has 0 spiro atoms. The zero-order valence-electron chi connectivity index (χ0n) is 12.2. The normalized spacial score (nSPS) is 11.0. The molecule has 0 saturated heterocycles. The predicted molar refractivity (Wildman–Crippen MR) is 81.3 cm³/mol. The second kappa shape index (κ2) is 7.31. The minimum Gasteiger partial charge on any atom is -0.481 e. The van der Waals surface area contributed by atoms with Crippen LogP contribution in [0.1, 0.15) is 27.2 Å². The number of carboxylic acids is 1. The zero-order valence-corrected chi connectivity index (χ0v) is 13.0. The van der Waals surface area contributed by atoms with Crippen molar-refractivity contribution in [1.82, 2.24) is 5.32 Å². The van der Waals surface area contributed by atoms with Crippen LogP contribution in [-0.4, -0.2) is 28.4 Å². The smallest absolute Gasteiger partial charge is 0.319 e. The molecular formula is C14H19FN2O3S. The molecule has 116 valence electrons. The maximum atomic E-state index is 13.9. The average Bonchev–Trinajstić information content (AvgIpc) is 2.30. The third-order valence-corrected chi connectivity index (χ3v) is 3.39. The molecule has 1 aromatic rings. The van der Waals surface area contributed by atoms with Crippen LogP contribution in [0.2, 0.25) is 0 Å². The lowest BCUT2D eigenvalue weighted by molar-refractivity contribution is -0.136. The van der Waals surface area contributed by atoms with Crippen molar-refractivity contribution in [2.45, 2.75) is 36.8 Å². The molecule has 0 aliphatic heterocycles. The van der Waals surface area contributed by atoms with Crippen LogP contribution in [0.25, 0.3) is 0 Å². The summed E-state index contributed by atoms with van der Waals surface area (Å²) in [4.78, 5) is 22.3. The van der Waals surface area contributed by atoms with Crippen LogP contribution in [0.5, 0.6) is 0 Å². The first-order valence-electron chi connectivity index (χ1n) is 6.42. The van der Waals surface area contributed by atoms with Crippen LogP contribution < -0.4 is 10.6 Å².